The smallest absolute Gasteiger partial charge is 0.198 e. The van der Waals surface area contributed by atoms with Crippen molar-refractivity contribution in [2.24, 2.45) is 0 Å². The van der Waals surface area contributed by atoms with Gasteiger partial charge in [-0.15, -0.1) is 11.3 Å². The van der Waals surface area contributed by atoms with Crippen LogP contribution in [0.4, 0.5) is 0 Å². The van der Waals surface area contributed by atoms with Gasteiger partial charge in [-0.05, 0) is 5.56 Å². The number of hydrogen-bond acceptors (Lipinski definition) is 2. The lowest BCUT2D eigenvalue weighted by atomic mass is 10.2. The Morgan fingerprint density at radius 3 is 2.93 bits per heavy atom. The zero-order chi connectivity index (χ0) is 9.38. The molecule has 0 atom stereocenters. The minimum atomic E-state index is 1.04. The van der Waals surface area contributed by atoms with E-state index in [1.54, 1.807) is 11.3 Å². The first kappa shape index (κ1) is 8.16. The summed E-state index contributed by atoms with van der Waals surface area (Å²) in [5, 5.41) is 2.15. The quantitative estimate of drug-likeness (QED) is 0.609. The third kappa shape index (κ3) is 1.17. The minimum Gasteiger partial charge on any atom is -0.286 e. The fourth-order valence-electron chi connectivity index (χ4n) is 1.45. The summed E-state index contributed by atoms with van der Waals surface area (Å²) in [6.45, 7) is 0. The molecule has 3 rings (SSSR count). The highest BCUT2D eigenvalue weighted by Gasteiger charge is 2.04. The van der Waals surface area contributed by atoms with E-state index in [1.807, 2.05) is 6.07 Å². The average molecular weight is 218 g/mol. The molecule has 4 heteroatoms. The number of aromatic nitrogens is 2. The Morgan fingerprint density at radius 1 is 1.21 bits per heavy atom. The Morgan fingerprint density at radius 2 is 2.07 bits per heavy atom. The highest BCUT2D eigenvalue weighted by Crippen LogP contribution is 2.26. The molecule has 2 nitrogen and oxygen atoms in total. The highest BCUT2D eigenvalue weighted by atomic mass is 32.1. The summed E-state index contributed by atoms with van der Waals surface area (Å²) in [6, 6.07) is 10.4. The van der Waals surface area contributed by atoms with Crippen LogP contribution in [0.25, 0.3) is 16.2 Å². The Balaban J connectivity index is 2.28. The van der Waals surface area contributed by atoms with Crippen molar-refractivity contribution in [2.45, 2.75) is 0 Å². The van der Waals surface area contributed by atoms with Crippen LogP contribution in [0, 0.1) is 0 Å². The van der Waals surface area contributed by atoms with E-state index in [9.17, 15) is 0 Å². The number of rotatable bonds is 1. The van der Waals surface area contributed by atoms with Crippen LogP contribution in [0.5, 0.6) is 0 Å². The van der Waals surface area contributed by atoms with E-state index in [4.69, 9.17) is 0 Å². The van der Waals surface area contributed by atoms with E-state index in [2.05, 4.69) is 44.7 Å². The second-order valence-corrected chi connectivity index (χ2v) is 4.47. The zero-order valence-electron chi connectivity index (χ0n) is 7.29. The van der Waals surface area contributed by atoms with Gasteiger partial charge < -0.3 is 0 Å². The van der Waals surface area contributed by atoms with Gasteiger partial charge in [0.1, 0.15) is 0 Å². The van der Waals surface area contributed by atoms with Gasteiger partial charge in [-0.3, -0.25) is 4.40 Å². The van der Waals surface area contributed by atoms with Gasteiger partial charge in [-0.2, -0.15) is 4.75 Å². The molecule has 0 fully saturated rings. The maximum absolute atomic E-state index is 4.34. The molecular weight excluding hydrogens is 211 g/mol. The van der Waals surface area contributed by atoms with Gasteiger partial charge in [0, 0.05) is 5.38 Å². The first-order valence-corrected chi connectivity index (χ1v) is 6.07. The molecule has 2 aromatic heterocycles. The lowest BCUT2D eigenvalue weighted by molar-refractivity contribution is 1.24. The molecule has 0 aliphatic heterocycles. The largest absolute Gasteiger partial charge is 0.286 e. The maximum atomic E-state index is 4.34. The number of nitrogens with zero attached hydrogens (tertiary/aromatic N) is 2. The number of thiazole rings is 1. The molecule has 0 radical (unpaired) electrons. The van der Waals surface area contributed by atoms with E-state index in [0.29, 0.717) is 0 Å². The minimum absolute atomic E-state index is 1.04. The van der Waals surface area contributed by atoms with Crippen LogP contribution in [-0.2, 0) is 0 Å². The van der Waals surface area contributed by atoms with Crippen molar-refractivity contribution in [3.8, 4) is 11.3 Å². The van der Waals surface area contributed by atoms with Gasteiger partial charge in [0.2, 0.25) is 0 Å². The number of hydrogen-bond donors (Lipinski definition) is 0. The van der Waals surface area contributed by atoms with Gasteiger partial charge in [-0.25, -0.2) is 0 Å². The second-order valence-electron chi connectivity index (χ2n) is 2.97. The molecule has 2 heterocycles. The Hall–Kier alpha value is -1.18. The van der Waals surface area contributed by atoms with Gasteiger partial charge in [0.05, 0.1) is 20.0 Å². The van der Waals surface area contributed by atoms with Crippen LogP contribution in [0.3, 0.4) is 0 Å². The SMILES string of the molecule is c1ccc(-c2csc3npcn23)cc1. The van der Waals surface area contributed by atoms with Crippen LogP contribution in [0.15, 0.2) is 41.6 Å². The fraction of sp³-hybridized carbons (Fsp3) is 0. The molecule has 0 N–H and O–H groups in total. The summed E-state index contributed by atoms with van der Waals surface area (Å²) in [4.78, 5) is 1.09. The fourth-order valence-corrected chi connectivity index (χ4v) is 3.17. The van der Waals surface area contributed by atoms with Crippen LogP contribution < -0.4 is 0 Å². The lowest BCUT2D eigenvalue weighted by Crippen LogP contribution is -1.81. The van der Waals surface area contributed by atoms with E-state index < -0.39 is 0 Å². The van der Waals surface area contributed by atoms with Gasteiger partial charge >= 0.3 is 0 Å². The van der Waals surface area contributed by atoms with E-state index in [1.165, 1.54) is 11.3 Å². The molecular formula is C10H7N2PS. The molecule has 0 saturated heterocycles. The van der Waals surface area contributed by atoms with Crippen LogP contribution in [-0.4, -0.2) is 9.15 Å². The van der Waals surface area contributed by atoms with Crippen LogP contribution in [0.2, 0.25) is 0 Å². The zero-order valence-corrected chi connectivity index (χ0v) is 9.00. The summed E-state index contributed by atoms with van der Waals surface area (Å²) in [6.07, 6.45) is 0. The molecule has 0 bridgehead atoms. The third-order valence-corrected chi connectivity index (χ3v) is 3.74. The highest BCUT2D eigenvalue weighted by molar-refractivity contribution is 7.26. The molecule has 0 aliphatic carbocycles. The molecule has 14 heavy (non-hydrogen) atoms. The monoisotopic (exact) mass is 218 g/mol. The van der Waals surface area contributed by atoms with E-state index >= 15 is 0 Å². The van der Waals surface area contributed by atoms with Gasteiger partial charge in [0.25, 0.3) is 0 Å². The molecule has 3 aromatic rings. The summed E-state index contributed by atoms with van der Waals surface area (Å²) < 4.78 is 6.50. The third-order valence-electron chi connectivity index (χ3n) is 2.12. The number of benzene rings is 1. The summed E-state index contributed by atoms with van der Waals surface area (Å²) in [5.74, 6) is 2.09. The van der Waals surface area contributed by atoms with Crippen molar-refractivity contribution in [3.05, 3.63) is 41.6 Å². The van der Waals surface area contributed by atoms with Crippen LogP contribution >= 0.6 is 19.7 Å². The van der Waals surface area contributed by atoms with E-state index in [0.717, 1.165) is 13.3 Å². The second kappa shape index (κ2) is 3.19. The summed E-state index contributed by atoms with van der Waals surface area (Å²) >= 11 is 1.69. The van der Waals surface area contributed by atoms with Crippen molar-refractivity contribution >= 4 is 24.6 Å². The standard InChI is InChI=1S/C10H7N2PS/c1-2-4-8(5-3-1)9-6-14-10-11-13-7-12(9)10/h1-7H. The topological polar surface area (TPSA) is 17.3 Å². The molecule has 0 spiro atoms. The first-order valence-electron chi connectivity index (χ1n) is 4.28. The normalized spacial score (nSPS) is 11.4. The average Bonchev–Trinajstić information content (AvgIpc) is 2.79. The lowest BCUT2D eigenvalue weighted by Gasteiger charge is -1.97. The number of fused-ring (bicyclic) bond motifs is 1. The van der Waals surface area contributed by atoms with Gasteiger partial charge in [-0.1, -0.05) is 30.3 Å². The molecule has 0 unspecified atom stereocenters. The predicted octanol–water partition coefficient (Wildman–Crippen LogP) is 3.64. The van der Waals surface area contributed by atoms with Gasteiger partial charge in [0.15, 0.2) is 4.96 Å². The Kier molecular flexibility index (Phi) is 1.86. The maximum Gasteiger partial charge on any atom is 0.198 e. The molecule has 68 valence electrons. The van der Waals surface area contributed by atoms with Crippen molar-refractivity contribution in [3.63, 3.8) is 0 Å². The predicted molar refractivity (Wildman–Crippen MR) is 61.0 cm³/mol. The summed E-state index contributed by atoms with van der Waals surface area (Å²) in [7, 11) is 1.04. The van der Waals surface area contributed by atoms with E-state index in [-0.39, 0.29) is 0 Å². The Bertz CT molecular complexity index is 556. The van der Waals surface area contributed by atoms with Crippen molar-refractivity contribution in [2.75, 3.05) is 0 Å². The molecule has 0 amide bonds. The van der Waals surface area contributed by atoms with Crippen molar-refractivity contribution < 1.29 is 0 Å². The van der Waals surface area contributed by atoms with Crippen molar-refractivity contribution in [1.82, 2.24) is 9.15 Å². The first-order chi connectivity index (χ1) is 6.95. The molecule has 0 aliphatic rings. The Labute approximate surface area is 87.0 Å². The molecule has 0 saturated carbocycles. The molecule has 1 aromatic carbocycles. The van der Waals surface area contributed by atoms with Crippen molar-refractivity contribution in [1.29, 1.82) is 0 Å². The van der Waals surface area contributed by atoms with Crippen LogP contribution in [0.1, 0.15) is 0 Å². The summed E-state index contributed by atoms with van der Waals surface area (Å²) in [5.41, 5.74) is 2.48.